The summed E-state index contributed by atoms with van der Waals surface area (Å²) in [7, 11) is 1.50. The Morgan fingerprint density at radius 2 is 1.89 bits per heavy atom. The van der Waals surface area contributed by atoms with Gasteiger partial charge in [-0.25, -0.2) is 4.79 Å². The monoisotopic (exact) mass is 271 g/mol. The third-order valence-electron chi connectivity index (χ3n) is 2.85. The van der Waals surface area contributed by atoms with Crippen LogP contribution in [-0.2, 0) is 9.59 Å². The molecule has 0 aromatic carbocycles. The Kier molecular flexibility index (Phi) is 5.59. The van der Waals surface area contributed by atoms with E-state index in [1.54, 1.807) is 6.92 Å². The van der Waals surface area contributed by atoms with Crippen LogP contribution in [0.15, 0.2) is 0 Å². The predicted molar refractivity (Wildman–Crippen MR) is 68.6 cm³/mol. The summed E-state index contributed by atoms with van der Waals surface area (Å²) in [5.41, 5.74) is 0. The summed E-state index contributed by atoms with van der Waals surface area (Å²) in [5, 5.41) is 11.4. The fraction of sp³-hybridized carbons (Fsp3) is 0.750. The highest BCUT2D eigenvalue weighted by Gasteiger charge is 2.29. The van der Waals surface area contributed by atoms with Crippen LogP contribution in [0.2, 0.25) is 0 Å². The number of carbonyl (C=O) groups is 3. The lowest BCUT2D eigenvalue weighted by Gasteiger charge is -2.26. The number of aliphatic carboxylic acids is 1. The largest absolute Gasteiger partial charge is 0.480 e. The molecule has 0 spiro atoms. The number of likely N-dealkylation sites (N-methyl/N-ethyl adjacent to an activating group) is 2. The van der Waals surface area contributed by atoms with Crippen molar-refractivity contribution in [1.82, 2.24) is 15.1 Å². The summed E-state index contributed by atoms with van der Waals surface area (Å²) in [6, 6.07) is -0.416. The van der Waals surface area contributed by atoms with Crippen molar-refractivity contribution in [3.63, 3.8) is 0 Å². The molecule has 0 atom stereocenters. The van der Waals surface area contributed by atoms with Gasteiger partial charge in [-0.15, -0.1) is 0 Å². The van der Waals surface area contributed by atoms with Crippen molar-refractivity contribution in [2.75, 3.05) is 33.2 Å². The number of carboxylic acids is 1. The Bertz CT molecular complexity index is 355. The van der Waals surface area contributed by atoms with Gasteiger partial charge in [-0.1, -0.05) is 0 Å². The van der Waals surface area contributed by atoms with E-state index in [2.05, 4.69) is 5.32 Å². The molecular formula is C12H21N3O4. The van der Waals surface area contributed by atoms with Crippen molar-refractivity contribution in [1.29, 1.82) is 0 Å². The smallest absolute Gasteiger partial charge is 0.323 e. The molecule has 19 heavy (non-hydrogen) atoms. The lowest BCUT2D eigenvalue weighted by Crippen LogP contribution is -2.47. The van der Waals surface area contributed by atoms with Crippen LogP contribution in [0.3, 0.4) is 0 Å². The second kappa shape index (κ2) is 6.96. The maximum Gasteiger partial charge on any atom is 0.323 e. The highest BCUT2D eigenvalue weighted by molar-refractivity contribution is 5.85. The van der Waals surface area contributed by atoms with E-state index in [4.69, 9.17) is 5.11 Å². The number of hydrogen-bond donors (Lipinski definition) is 2. The number of hydrogen-bond acceptors (Lipinski definition) is 3. The summed E-state index contributed by atoms with van der Waals surface area (Å²) in [4.78, 5) is 36.8. The molecule has 0 heterocycles. The third kappa shape index (κ3) is 5.58. The van der Waals surface area contributed by atoms with E-state index in [1.807, 2.05) is 0 Å². The van der Waals surface area contributed by atoms with Crippen molar-refractivity contribution in [2.24, 2.45) is 5.92 Å². The van der Waals surface area contributed by atoms with E-state index in [9.17, 15) is 14.4 Å². The molecule has 0 bridgehead atoms. The Balaban J connectivity index is 2.52. The van der Waals surface area contributed by atoms with Gasteiger partial charge in [0.05, 0.1) is 0 Å². The van der Waals surface area contributed by atoms with E-state index in [-0.39, 0.29) is 19.0 Å². The van der Waals surface area contributed by atoms with Gasteiger partial charge in [-0.2, -0.15) is 0 Å². The molecule has 1 rings (SSSR count). The van der Waals surface area contributed by atoms with Crippen molar-refractivity contribution < 1.29 is 19.5 Å². The first-order valence-corrected chi connectivity index (χ1v) is 6.42. The minimum absolute atomic E-state index is 0.0620. The molecule has 1 fully saturated rings. The van der Waals surface area contributed by atoms with Gasteiger partial charge < -0.3 is 20.2 Å². The molecule has 0 aromatic rings. The van der Waals surface area contributed by atoms with Gasteiger partial charge in [-0.3, -0.25) is 9.59 Å². The Morgan fingerprint density at radius 1 is 1.26 bits per heavy atom. The molecule has 0 aromatic heterocycles. The average molecular weight is 271 g/mol. The maximum atomic E-state index is 12.1. The SMILES string of the molecule is CCNC(=O)CN(C)C(=O)N(CC(=O)O)CC1CC1. The van der Waals surface area contributed by atoms with Crippen molar-refractivity contribution in [2.45, 2.75) is 19.8 Å². The lowest BCUT2D eigenvalue weighted by atomic mass is 10.3. The Labute approximate surface area is 112 Å². The average Bonchev–Trinajstić information content (AvgIpc) is 3.10. The van der Waals surface area contributed by atoms with Gasteiger partial charge in [0.1, 0.15) is 13.1 Å². The molecule has 1 aliphatic rings. The molecule has 7 heteroatoms. The normalized spacial score (nSPS) is 13.8. The zero-order chi connectivity index (χ0) is 14.4. The first kappa shape index (κ1) is 15.3. The van der Waals surface area contributed by atoms with Crippen LogP contribution in [0.1, 0.15) is 19.8 Å². The van der Waals surface area contributed by atoms with Crippen molar-refractivity contribution in [3.05, 3.63) is 0 Å². The van der Waals surface area contributed by atoms with Crippen molar-refractivity contribution in [3.8, 4) is 0 Å². The van der Waals surface area contributed by atoms with E-state index >= 15 is 0 Å². The fourth-order valence-electron chi connectivity index (χ4n) is 1.76. The number of nitrogens with zero attached hydrogens (tertiary/aromatic N) is 2. The predicted octanol–water partition coefficient (Wildman–Crippen LogP) is -0.0291. The van der Waals surface area contributed by atoms with Crippen LogP contribution in [0, 0.1) is 5.92 Å². The van der Waals surface area contributed by atoms with Gasteiger partial charge in [0, 0.05) is 20.1 Å². The van der Waals surface area contributed by atoms with Crippen LogP contribution in [0.25, 0.3) is 0 Å². The van der Waals surface area contributed by atoms with Gasteiger partial charge in [-0.05, 0) is 25.7 Å². The highest BCUT2D eigenvalue weighted by atomic mass is 16.4. The van der Waals surface area contributed by atoms with E-state index < -0.39 is 12.0 Å². The Hall–Kier alpha value is -1.79. The first-order chi connectivity index (χ1) is 8.93. The zero-order valence-electron chi connectivity index (χ0n) is 11.4. The second-order valence-electron chi connectivity index (χ2n) is 4.81. The van der Waals surface area contributed by atoms with Crippen molar-refractivity contribution >= 4 is 17.9 Å². The summed E-state index contributed by atoms with van der Waals surface area (Å²) in [5.74, 6) is -0.887. The number of carboxylic acid groups (broad SMARTS) is 1. The molecule has 108 valence electrons. The van der Waals surface area contributed by atoms with Gasteiger partial charge in [0.2, 0.25) is 5.91 Å². The number of rotatable bonds is 7. The first-order valence-electron chi connectivity index (χ1n) is 6.42. The molecule has 0 saturated heterocycles. The molecule has 0 radical (unpaired) electrons. The summed E-state index contributed by atoms with van der Waals surface area (Å²) in [6.07, 6.45) is 2.06. The van der Waals surface area contributed by atoms with Crippen LogP contribution in [0.5, 0.6) is 0 Å². The molecule has 1 saturated carbocycles. The molecular weight excluding hydrogens is 250 g/mol. The topological polar surface area (TPSA) is 90.0 Å². The van der Waals surface area contributed by atoms with Crippen LogP contribution >= 0.6 is 0 Å². The Morgan fingerprint density at radius 3 is 2.37 bits per heavy atom. The fourth-order valence-corrected chi connectivity index (χ4v) is 1.76. The van der Waals surface area contributed by atoms with E-state index in [0.29, 0.717) is 19.0 Å². The van der Waals surface area contributed by atoms with Gasteiger partial charge in [0.25, 0.3) is 0 Å². The third-order valence-corrected chi connectivity index (χ3v) is 2.85. The molecule has 0 aliphatic heterocycles. The van der Waals surface area contributed by atoms with Crippen LogP contribution < -0.4 is 5.32 Å². The molecule has 7 nitrogen and oxygen atoms in total. The molecule has 3 amide bonds. The second-order valence-corrected chi connectivity index (χ2v) is 4.81. The van der Waals surface area contributed by atoms with Gasteiger partial charge in [0.15, 0.2) is 0 Å². The minimum Gasteiger partial charge on any atom is -0.480 e. The van der Waals surface area contributed by atoms with Crippen LogP contribution in [-0.4, -0.2) is 66.0 Å². The lowest BCUT2D eigenvalue weighted by molar-refractivity contribution is -0.137. The standard InChI is InChI=1S/C12H21N3O4/c1-3-13-10(16)7-14(2)12(19)15(8-11(17)18)6-9-4-5-9/h9H,3-8H2,1-2H3,(H,13,16)(H,17,18). The number of carbonyl (C=O) groups excluding carboxylic acids is 2. The number of urea groups is 1. The summed E-state index contributed by atoms with van der Waals surface area (Å²) >= 11 is 0. The number of nitrogens with one attached hydrogen (secondary N) is 1. The molecule has 1 aliphatic carbocycles. The highest BCUT2D eigenvalue weighted by Crippen LogP contribution is 2.29. The van der Waals surface area contributed by atoms with Crippen LogP contribution in [0.4, 0.5) is 4.79 Å². The summed E-state index contributed by atoms with van der Waals surface area (Å²) < 4.78 is 0. The zero-order valence-corrected chi connectivity index (χ0v) is 11.4. The minimum atomic E-state index is -1.04. The quantitative estimate of drug-likeness (QED) is 0.680. The van der Waals surface area contributed by atoms with E-state index in [0.717, 1.165) is 12.8 Å². The maximum absolute atomic E-state index is 12.1. The van der Waals surface area contributed by atoms with Gasteiger partial charge >= 0.3 is 12.0 Å². The number of amides is 3. The van der Waals surface area contributed by atoms with E-state index in [1.165, 1.54) is 16.8 Å². The summed E-state index contributed by atoms with van der Waals surface area (Å²) in [6.45, 7) is 2.36. The molecule has 2 N–H and O–H groups in total. The molecule has 0 unspecified atom stereocenters.